The maximum atomic E-state index is 2.48. The SMILES string of the molecule is c1ccc(-n2c3ccccc3c3ccc(N(c4ccc5ccccc5c4)c4cccc5c4-c4cccc6cc7ccccc7c-5c46)cc32)cc1. The Morgan fingerprint density at radius 2 is 1.02 bits per heavy atom. The van der Waals surface area contributed by atoms with E-state index >= 15 is 0 Å². The fourth-order valence-corrected chi connectivity index (χ4v) is 8.52. The lowest BCUT2D eigenvalue weighted by Gasteiger charge is -2.28. The van der Waals surface area contributed by atoms with Crippen LogP contribution in [0.2, 0.25) is 0 Å². The minimum Gasteiger partial charge on any atom is -0.310 e. The van der Waals surface area contributed by atoms with Gasteiger partial charge in [0.2, 0.25) is 0 Å². The van der Waals surface area contributed by atoms with Gasteiger partial charge in [0.05, 0.1) is 16.7 Å². The Bertz CT molecular complexity index is 2990. The van der Waals surface area contributed by atoms with Crippen molar-refractivity contribution in [1.29, 1.82) is 0 Å². The number of para-hydroxylation sites is 2. The summed E-state index contributed by atoms with van der Waals surface area (Å²) in [6, 6.07) is 66.8. The molecule has 1 aromatic heterocycles. The van der Waals surface area contributed by atoms with Crippen LogP contribution in [-0.4, -0.2) is 4.57 Å². The summed E-state index contributed by atoms with van der Waals surface area (Å²) in [6.07, 6.45) is 0. The molecule has 50 heavy (non-hydrogen) atoms. The molecule has 0 saturated heterocycles. The average molecular weight is 635 g/mol. The fourth-order valence-electron chi connectivity index (χ4n) is 8.52. The van der Waals surface area contributed by atoms with E-state index in [1.54, 1.807) is 0 Å². The van der Waals surface area contributed by atoms with Crippen molar-refractivity contribution in [3.8, 4) is 27.9 Å². The van der Waals surface area contributed by atoms with Crippen LogP contribution in [0.25, 0.3) is 82.1 Å². The molecule has 0 fully saturated rings. The third kappa shape index (κ3) is 3.85. The summed E-state index contributed by atoms with van der Waals surface area (Å²) in [5, 5.41) is 10.1. The first-order valence-corrected chi connectivity index (χ1v) is 17.3. The first kappa shape index (κ1) is 27.3. The van der Waals surface area contributed by atoms with Crippen LogP contribution in [0.15, 0.2) is 182 Å². The third-order valence-corrected chi connectivity index (χ3v) is 10.6. The molecular weight excluding hydrogens is 605 g/mol. The Kier molecular flexibility index (Phi) is 5.70. The van der Waals surface area contributed by atoms with Gasteiger partial charge in [-0.2, -0.15) is 0 Å². The number of anilines is 3. The molecule has 0 unspecified atom stereocenters. The molecule has 0 aliphatic heterocycles. The first-order valence-electron chi connectivity index (χ1n) is 17.3. The number of fused-ring (bicyclic) bond motifs is 9. The second-order valence-corrected chi connectivity index (χ2v) is 13.3. The summed E-state index contributed by atoms with van der Waals surface area (Å²) < 4.78 is 2.41. The van der Waals surface area contributed by atoms with E-state index in [1.165, 1.54) is 82.1 Å². The molecule has 0 atom stereocenters. The van der Waals surface area contributed by atoms with Gasteiger partial charge in [-0.15, -0.1) is 0 Å². The standard InChI is InChI=1S/C48H30N2/c1-2-16-35(17-3-1)50-43-22-9-8-19-39(43)40-27-26-37(30-45(40)50)49(36-25-24-31-12-4-5-13-32(31)29-36)44-23-11-21-42-47(44)41-20-10-15-34-28-33-14-6-7-18-38(33)48(42)46(34)41/h1-30H. The van der Waals surface area contributed by atoms with Gasteiger partial charge >= 0.3 is 0 Å². The Hall–Kier alpha value is -6.64. The number of aromatic nitrogens is 1. The molecule has 0 N–H and O–H groups in total. The lowest BCUT2D eigenvalue weighted by atomic mass is 9.96. The highest BCUT2D eigenvalue weighted by Crippen LogP contribution is 2.55. The van der Waals surface area contributed by atoms with Gasteiger partial charge in [-0.3, -0.25) is 0 Å². The predicted molar refractivity (Wildman–Crippen MR) is 212 cm³/mol. The second kappa shape index (κ2) is 10.4. The van der Waals surface area contributed by atoms with Crippen LogP contribution in [0.5, 0.6) is 0 Å². The maximum absolute atomic E-state index is 2.48. The molecule has 11 rings (SSSR count). The van der Waals surface area contributed by atoms with E-state index in [-0.39, 0.29) is 0 Å². The van der Waals surface area contributed by atoms with Crippen molar-refractivity contribution in [2.24, 2.45) is 0 Å². The molecule has 1 aliphatic rings. The van der Waals surface area contributed by atoms with Gasteiger partial charge in [0, 0.05) is 33.4 Å². The Labute approximate surface area is 289 Å². The van der Waals surface area contributed by atoms with Crippen LogP contribution in [0.4, 0.5) is 17.1 Å². The molecule has 9 aromatic carbocycles. The Morgan fingerprint density at radius 1 is 0.360 bits per heavy atom. The molecule has 10 aromatic rings. The summed E-state index contributed by atoms with van der Waals surface area (Å²) >= 11 is 0. The van der Waals surface area contributed by atoms with Crippen molar-refractivity contribution in [1.82, 2.24) is 4.57 Å². The van der Waals surface area contributed by atoms with Crippen LogP contribution in [0, 0.1) is 0 Å². The molecule has 0 bridgehead atoms. The maximum Gasteiger partial charge on any atom is 0.0561 e. The van der Waals surface area contributed by atoms with Crippen molar-refractivity contribution in [2.75, 3.05) is 4.90 Å². The Balaban J connectivity index is 1.23. The van der Waals surface area contributed by atoms with Crippen LogP contribution in [0.3, 0.4) is 0 Å². The van der Waals surface area contributed by atoms with Gasteiger partial charge in [0.15, 0.2) is 0 Å². The van der Waals surface area contributed by atoms with Crippen LogP contribution >= 0.6 is 0 Å². The summed E-state index contributed by atoms with van der Waals surface area (Å²) in [6.45, 7) is 0. The van der Waals surface area contributed by atoms with Gasteiger partial charge in [-0.1, -0.05) is 127 Å². The number of benzene rings is 9. The lowest BCUT2D eigenvalue weighted by molar-refractivity contribution is 1.18. The Morgan fingerprint density at radius 3 is 1.92 bits per heavy atom. The van der Waals surface area contributed by atoms with Gasteiger partial charge in [0.1, 0.15) is 0 Å². The van der Waals surface area contributed by atoms with Crippen molar-refractivity contribution in [2.45, 2.75) is 0 Å². The zero-order valence-electron chi connectivity index (χ0n) is 27.2. The minimum absolute atomic E-state index is 1.12. The molecule has 2 heteroatoms. The first-order chi connectivity index (χ1) is 24.8. The number of rotatable bonds is 4. The molecule has 1 heterocycles. The third-order valence-electron chi connectivity index (χ3n) is 10.6. The largest absolute Gasteiger partial charge is 0.310 e. The lowest BCUT2D eigenvalue weighted by Crippen LogP contribution is -2.11. The fraction of sp³-hybridized carbons (Fsp3) is 0. The van der Waals surface area contributed by atoms with Crippen molar-refractivity contribution >= 4 is 71.2 Å². The minimum atomic E-state index is 1.12. The molecular formula is C48H30N2. The van der Waals surface area contributed by atoms with E-state index in [2.05, 4.69) is 191 Å². The molecule has 232 valence electrons. The molecule has 2 nitrogen and oxygen atoms in total. The van der Waals surface area contributed by atoms with E-state index in [0.717, 1.165) is 17.1 Å². The van der Waals surface area contributed by atoms with E-state index in [9.17, 15) is 0 Å². The zero-order chi connectivity index (χ0) is 32.8. The quantitative estimate of drug-likeness (QED) is 0.175. The monoisotopic (exact) mass is 634 g/mol. The van der Waals surface area contributed by atoms with Crippen molar-refractivity contribution < 1.29 is 0 Å². The number of hydrogen-bond acceptors (Lipinski definition) is 1. The number of nitrogens with zero attached hydrogens (tertiary/aromatic N) is 2. The summed E-state index contributed by atoms with van der Waals surface area (Å²) in [5.41, 5.74) is 12.2. The van der Waals surface area contributed by atoms with Crippen molar-refractivity contribution in [3.05, 3.63) is 182 Å². The highest BCUT2D eigenvalue weighted by molar-refractivity contribution is 6.26. The average Bonchev–Trinajstić information content (AvgIpc) is 3.70. The highest BCUT2D eigenvalue weighted by atomic mass is 15.1. The summed E-state index contributed by atoms with van der Waals surface area (Å²) in [5.74, 6) is 0. The van der Waals surface area contributed by atoms with Crippen LogP contribution in [-0.2, 0) is 0 Å². The summed E-state index contributed by atoms with van der Waals surface area (Å²) in [7, 11) is 0. The number of hydrogen-bond donors (Lipinski definition) is 0. The molecule has 1 aliphatic carbocycles. The summed E-state index contributed by atoms with van der Waals surface area (Å²) in [4.78, 5) is 2.48. The molecule has 0 spiro atoms. The van der Waals surface area contributed by atoms with Gasteiger partial charge in [-0.05, 0) is 104 Å². The van der Waals surface area contributed by atoms with E-state index in [4.69, 9.17) is 0 Å². The van der Waals surface area contributed by atoms with E-state index in [0.29, 0.717) is 0 Å². The molecule has 0 radical (unpaired) electrons. The predicted octanol–water partition coefficient (Wildman–Crippen LogP) is 13.4. The van der Waals surface area contributed by atoms with Crippen LogP contribution in [0.1, 0.15) is 0 Å². The molecule has 0 saturated carbocycles. The molecule has 0 amide bonds. The zero-order valence-corrected chi connectivity index (χ0v) is 27.2. The second-order valence-electron chi connectivity index (χ2n) is 13.3. The smallest absolute Gasteiger partial charge is 0.0561 e. The van der Waals surface area contributed by atoms with Crippen molar-refractivity contribution in [3.63, 3.8) is 0 Å². The normalized spacial score (nSPS) is 12.0. The van der Waals surface area contributed by atoms with Crippen LogP contribution < -0.4 is 4.90 Å². The van der Waals surface area contributed by atoms with Gasteiger partial charge < -0.3 is 9.47 Å². The van der Waals surface area contributed by atoms with E-state index in [1.807, 2.05) is 0 Å². The topological polar surface area (TPSA) is 8.17 Å². The highest BCUT2D eigenvalue weighted by Gasteiger charge is 2.29. The van der Waals surface area contributed by atoms with Gasteiger partial charge in [0.25, 0.3) is 0 Å². The van der Waals surface area contributed by atoms with E-state index < -0.39 is 0 Å². The van der Waals surface area contributed by atoms with Gasteiger partial charge in [-0.25, -0.2) is 0 Å².